The van der Waals surface area contributed by atoms with Crippen LogP contribution in [0.5, 0.6) is 5.75 Å². The molecule has 0 aliphatic heterocycles. The molecule has 1 aromatic rings. The third-order valence-corrected chi connectivity index (χ3v) is 2.53. The molecule has 0 bridgehead atoms. The molecule has 0 spiro atoms. The number of ether oxygens (including phenoxy) is 1. The quantitative estimate of drug-likeness (QED) is 0.818. The summed E-state index contributed by atoms with van der Waals surface area (Å²) in [5.74, 6) is -0.0329. The van der Waals surface area contributed by atoms with Gasteiger partial charge >= 0.3 is 0 Å². The second kappa shape index (κ2) is 7.68. The first-order valence-electron chi connectivity index (χ1n) is 5.89. The highest BCUT2D eigenvalue weighted by atomic mass is 19.3. The van der Waals surface area contributed by atoms with Gasteiger partial charge in [-0.05, 0) is 18.6 Å². The molecule has 0 heterocycles. The van der Waals surface area contributed by atoms with Gasteiger partial charge in [0.15, 0.2) is 6.61 Å². The van der Waals surface area contributed by atoms with E-state index in [0.717, 1.165) is 10.5 Å². The van der Waals surface area contributed by atoms with E-state index in [-0.39, 0.29) is 19.8 Å². The number of hydrogen-bond donors (Lipinski definition) is 1. The number of nitrogens with zero attached hydrogens (tertiary/aromatic N) is 1. The van der Waals surface area contributed by atoms with E-state index in [0.29, 0.717) is 5.75 Å². The highest BCUT2D eigenvalue weighted by Crippen LogP contribution is 2.16. The van der Waals surface area contributed by atoms with Crippen LogP contribution in [0.25, 0.3) is 0 Å². The number of carbonyl (C=O) groups is 1. The van der Waals surface area contributed by atoms with Gasteiger partial charge in [-0.25, -0.2) is 8.78 Å². The maximum absolute atomic E-state index is 12.3. The zero-order valence-corrected chi connectivity index (χ0v) is 10.7. The number of halogens is 2. The minimum Gasteiger partial charge on any atom is -0.484 e. The molecule has 1 N–H and O–H groups in total. The fourth-order valence-corrected chi connectivity index (χ4v) is 1.55. The monoisotopic (exact) mass is 273 g/mol. The Morgan fingerprint density at radius 1 is 1.42 bits per heavy atom. The summed E-state index contributed by atoms with van der Waals surface area (Å²) in [5.41, 5.74) is 0.859. The Labute approximate surface area is 110 Å². The van der Waals surface area contributed by atoms with Crippen molar-refractivity contribution in [2.75, 3.05) is 26.3 Å². The normalized spacial score (nSPS) is 10.6. The van der Waals surface area contributed by atoms with Gasteiger partial charge in [0, 0.05) is 6.54 Å². The summed E-state index contributed by atoms with van der Waals surface area (Å²) in [5, 5.41) is 8.75. The number of alkyl halides is 2. The predicted octanol–water partition coefficient (Wildman–Crippen LogP) is 1.46. The first-order valence-corrected chi connectivity index (χ1v) is 5.89. The molecule has 0 aliphatic rings. The lowest BCUT2D eigenvalue weighted by molar-refractivity contribution is -0.135. The van der Waals surface area contributed by atoms with Gasteiger partial charge in [-0.15, -0.1) is 0 Å². The van der Waals surface area contributed by atoms with Crippen LogP contribution in [0.1, 0.15) is 5.56 Å². The average molecular weight is 273 g/mol. The second-order valence-electron chi connectivity index (χ2n) is 4.01. The van der Waals surface area contributed by atoms with Gasteiger partial charge in [0.1, 0.15) is 5.75 Å². The number of amides is 1. The SMILES string of the molecule is Cc1ccccc1OCC(=O)N(CCO)CC(F)F. The number of benzene rings is 1. The van der Waals surface area contributed by atoms with Gasteiger partial charge in [-0.1, -0.05) is 18.2 Å². The molecule has 6 heteroatoms. The molecule has 0 saturated carbocycles. The fraction of sp³-hybridized carbons (Fsp3) is 0.462. The Kier molecular flexibility index (Phi) is 6.21. The van der Waals surface area contributed by atoms with Crippen molar-refractivity contribution >= 4 is 5.91 Å². The summed E-state index contributed by atoms with van der Waals surface area (Å²) in [6.45, 7) is 0.321. The molecule has 0 atom stereocenters. The first-order chi connectivity index (χ1) is 9.04. The molecule has 0 radical (unpaired) electrons. The highest BCUT2D eigenvalue weighted by Gasteiger charge is 2.18. The van der Waals surface area contributed by atoms with Crippen molar-refractivity contribution in [2.24, 2.45) is 0 Å². The Hall–Kier alpha value is -1.69. The van der Waals surface area contributed by atoms with Crippen molar-refractivity contribution in [3.05, 3.63) is 29.8 Å². The number of aryl methyl sites for hydroxylation is 1. The molecule has 0 saturated heterocycles. The molecule has 1 amide bonds. The van der Waals surface area contributed by atoms with Crippen molar-refractivity contribution in [3.8, 4) is 5.75 Å². The summed E-state index contributed by atoms with van der Waals surface area (Å²) in [6, 6.07) is 7.12. The molecule has 1 rings (SSSR count). The molecule has 4 nitrogen and oxygen atoms in total. The smallest absolute Gasteiger partial charge is 0.260 e. The summed E-state index contributed by atoms with van der Waals surface area (Å²) in [4.78, 5) is 12.6. The van der Waals surface area contributed by atoms with Gasteiger partial charge in [0.25, 0.3) is 12.3 Å². The molecule has 0 unspecified atom stereocenters. The standard InChI is InChI=1S/C13H17F2NO3/c1-10-4-2-3-5-11(10)19-9-13(18)16(6-7-17)8-12(14)15/h2-5,12,17H,6-9H2,1H3. The van der Waals surface area contributed by atoms with E-state index in [1.54, 1.807) is 12.1 Å². The van der Waals surface area contributed by atoms with Gasteiger partial charge in [0.2, 0.25) is 0 Å². The molecule has 0 fully saturated rings. The van der Waals surface area contributed by atoms with Crippen LogP contribution in [0.2, 0.25) is 0 Å². The third kappa shape index (κ3) is 5.21. The van der Waals surface area contributed by atoms with E-state index in [2.05, 4.69) is 0 Å². The van der Waals surface area contributed by atoms with E-state index in [4.69, 9.17) is 9.84 Å². The van der Waals surface area contributed by atoms with Crippen molar-refractivity contribution in [1.82, 2.24) is 4.90 Å². The predicted molar refractivity (Wildman–Crippen MR) is 66.3 cm³/mol. The van der Waals surface area contributed by atoms with Crippen LogP contribution in [0.4, 0.5) is 8.78 Å². The maximum Gasteiger partial charge on any atom is 0.260 e. The van der Waals surface area contributed by atoms with Gasteiger partial charge in [-0.2, -0.15) is 0 Å². The topological polar surface area (TPSA) is 49.8 Å². The first kappa shape index (κ1) is 15.4. The van der Waals surface area contributed by atoms with E-state index in [1.807, 2.05) is 19.1 Å². The Bertz CT molecular complexity index is 413. The number of carbonyl (C=O) groups excluding carboxylic acids is 1. The highest BCUT2D eigenvalue weighted by molar-refractivity contribution is 5.77. The van der Waals surface area contributed by atoms with Gasteiger partial charge < -0.3 is 14.7 Å². The van der Waals surface area contributed by atoms with Crippen molar-refractivity contribution < 1.29 is 23.4 Å². The third-order valence-electron chi connectivity index (χ3n) is 2.53. The van der Waals surface area contributed by atoms with Crippen LogP contribution in [-0.2, 0) is 4.79 Å². The van der Waals surface area contributed by atoms with Crippen LogP contribution in [0.3, 0.4) is 0 Å². The summed E-state index contributed by atoms with van der Waals surface area (Å²) >= 11 is 0. The number of hydrogen-bond acceptors (Lipinski definition) is 3. The van der Waals surface area contributed by atoms with Gasteiger partial charge in [0.05, 0.1) is 13.2 Å². The second-order valence-corrected chi connectivity index (χ2v) is 4.01. The molecule has 1 aromatic carbocycles. The molecule has 19 heavy (non-hydrogen) atoms. The van der Waals surface area contributed by atoms with Gasteiger partial charge in [-0.3, -0.25) is 4.79 Å². The molecule has 0 aromatic heterocycles. The van der Waals surface area contributed by atoms with Crippen molar-refractivity contribution in [1.29, 1.82) is 0 Å². The largest absolute Gasteiger partial charge is 0.484 e. The van der Waals surface area contributed by atoms with Crippen LogP contribution < -0.4 is 4.74 Å². The lowest BCUT2D eigenvalue weighted by Gasteiger charge is -2.21. The maximum atomic E-state index is 12.3. The summed E-state index contributed by atoms with van der Waals surface area (Å²) < 4.78 is 29.8. The van der Waals surface area contributed by atoms with Crippen LogP contribution in [-0.4, -0.2) is 48.6 Å². The Morgan fingerprint density at radius 2 is 2.11 bits per heavy atom. The van der Waals surface area contributed by atoms with E-state index < -0.39 is 18.9 Å². The molecule has 106 valence electrons. The minimum absolute atomic E-state index is 0.125. The van der Waals surface area contributed by atoms with Crippen LogP contribution in [0.15, 0.2) is 24.3 Å². The number of rotatable bonds is 7. The number of aliphatic hydroxyl groups is 1. The van der Waals surface area contributed by atoms with Crippen LogP contribution in [0, 0.1) is 6.92 Å². The zero-order chi connectivity index (χ0) is 14.3. The summed E-state index contributed by atoms with van der Waals surface area (Å²) in [6.07, 6.45) is -2.63. The Balaban J connectivity index is 2.55. The van der Waals surface area contributed by atoms with Crippen LogP contribution >= 0.6 is 0 Å². The average Bonchev–Trinajstić information content (AvgIpc) is 2.36. The van der Waals surface area contributed by atoms with E-state index >= 15 is 0 Å². The number of para-hydroxylation sites is 1. The Morgan fingerprint density at radius 3 is 2.68 bits per heavy atom. The summed E-state index contributed by atoms with van der Waals surface area (Å²) in [7, 11) is 0. The number of aliphatic hydroxyl groups excluding tert-OH is 1. The van der Waals surface area contributed by atoms with Crippen molar-refractivity contribution in [3.63, 3.8) is 0 Å². The van der Waals surface area contributed by atoms with E-state index in [1.165, 1.54) is 0 Å². The molecular weight excluding hydrogens is 256 g/mol. The zero-order valence-electron chi connectivity index (χ0n) is 10.7. The minimum atomic E-state index is -2.63. The fourth-order valence-electron chi connectivity index (χ4n) is 1.55. The van der Waals surface area contributed by atoms with E-state index in [9.17, 15) is 13.6 Å². The lowest BCUT2D eigenvalue weighted by Crippen LogP contribution is -2.40. The molecule has 0 aliphatic carbocycles. The molecular formula is C13H17F2NO3. The lowest BCUT2D eigenvalue weighted by atomic mass is 10.2. The van der Waals surface area contributed by atoms with Crippen molar-refractivity contribution in [2.45, 2.75) is 13.3 Å².